The van der Waals surface area contributed by atoms with Crippen molar-refractivity contribution < 1.29 is 9.59 Å². The summed E-state index contributed by atoms with van der Waals surface area (Å²) in [5, 5.41) is 13.8. The maximum Gasteiger partial charge on any atom is 0.270 e. The van der Waals surface area contributed by atoms with E-state index in [1.54, 1.807) is 0 Å². The van der Waals surface area contributed by atoms with Gasteiger partial charge in [0.1, 0.15) is 11.8 Å². The van der Waals surface area contributed by atoms with Crippen molar-refractivity contribution in [3.8, 4) is 6.07 Å². The summed E-state index contributed by atoms with van der Waals surface area (Å²) in [6.07, 6.45) is 3.34. The standard InChI is InChI=1S/C12H12N4O2/c13-5-8-1-4-10(14-6-8)12(18)15-7-11(17)16-9-2-3-9/h1,4,6,9H,2-3,7H2,(H,15,18)(H,16,17). The van der Waals surface area contributed by atoms with Crippen LogP contribution in [0.5, 0.6) is 0 Å². The first kappa shape index (κ1) is 12.0. The number of aromatic nitrogens is 1. The summed E-state index contributed by atoms with van der Waals surface area (Å²) in [4.78, 5) is 26.8. The Morgan fingerprint density at radius 2 is 2.22 bits per heavy atom. The third-order valence-corrected chi connectivity index (χ3v) is 2.48. The topological polar surface area (TPSA) is 94.9 Å². The molecule has 1 fully saturated rings. The summed E-state index contributed by atoms with van der Waals surface area (Å²) in [5.74, 6) is -0.620. The van der Waals surface area contributed by atoms with E-state index in [0.717, 1.165) is 12.8 Å². The molecule has 1 aromatic heterocycles. The number of rotatable bonds is 4. The van der Waals surface area contributed by atoms with Crippen LogP contribution in [0.2, 0.25) is 0 Å². The van der Waals surface area contributed by atoms with Gasteiger partial charge in [0, 0.05) is 12.2 Å². The molecule has 6 heteroatoms. The molecule has 0 atom stereocenters. The van der Waals surface area contributed by atoms with Crippen molar-refractivity contribution >= 4 is 11.8 Å². The van der Waals surface area contributed by atoms with Crippen molar-refractivity contribution in [1.29, 1.82) is 5.26 Å². The van der Waals surface area contributed by atoms with Crippen LogP contribution >= 0.6 is 0 Å². The number of amides is 2. The van der Waals surface area contributed by atoms with E-state index in [-0.39, 0.29) is 24.2 Å². The van der Waals surface area contributed by atoms with Gasteiger partial charge < -0.3 is 10.6 Å². The Kier molecular flexibility index (Phi) is 3.53. The van der Waals surface area contributed by atoms with Crippen molar-refractivity contribution in [2.75, 3.05) is 6.54 Å². The molecule has 0 aromatic carbocycles. The van der Waals surface area contributed by atoms with Crippen LogP contribution in [-0.2, 0) is 4.79 Å². The Bertz CT molecular complexity index is 500. The number of nitrogens with zero attached hydrogens (tertiary/aromatic N) is 2. The maximum absolute atomic E-state index is 11.6. The number of carbonyl (C=O) groups is 2. The van der Waals surface area contributed by atoms with Gasteiger partial charge in [-0.05, 0) is 25.0 Å². The van der Waals surface area contributed by atoms with Gasteiger partial charge in [0.25, 0.3) is 5.91 Å². The van der Waals surface area contributed by atoms with Gasteiger partial charge in [0.05, 0.1) is 12.1 Å². The van der Waals surface area contributed by atoms with E-state index in [1.807, 2.05) is 6.07 Å². The lowest BCUT2D eigenvalue weighted by atomic mass is 10.2. The molecule has 0 spiro atoms. The molecule has 1 aliphatic carbocycles. The minimum atomic E-state index is -0.426. The average Bonchev–Trinajstić information content (AvgIpc) is 3.20. The van der Waals surface area contributed by atoms with Crippen LogP contribution in [0.25, 0.3) is 0 Å². The van der Waals surface area contributed by atoms with Gasteiger partial charge in [-0.2, -0.15) is 5.26 Å². The summed E-state index contributed by atoms with van der Waals surface area (Å²) in [5.41, 5.74) is 0.575. The van der Waals surface area contributed by atoms with Crippen LogP contribution in [0.15, 0.2) is 18.3 Å². The van der Waals surface area contributed by atoms with Crippen molar-refractivity contribution in [2.45, 2.75) is 18.9 Å². The van der Waals surface area contributed by atoms with Crippen molar-refractivity contribution in [2.24, 2.45) is 0 Å². The first-order valence-electron chi connectivity index (χ1n) is 5.63. The molecule has 2 rings (SSSR count). The van der Waals surface area contributed by atoms with E-state index in [2.05, 4.69) is 15.6 Å². The molecule has 18 heavy (non-hydrogen) atoms. The minimum Gasteiger partial charge on any atom is -0.352 e. The minimum absolute atomic E-state index is 0.0585. The fourth-order valence-corrected chi connectivity index (χ4v) is 1.35. The molecular formula is C12H12N4O2. The third-order valence-electron chi connectivity index (χ3n) is 2.48. The Morgan fingerprint density at radius 1 is 1.44 bits per heavy atom. The quantitative estimate of drug-likeness (QED) is 0.777. The Morgan fingerprint density at radius 3 is 2.78 bits per heavy atom. The van der Waals surface area contributed by atoms with Gasteiger partial charge >= 0.3 is 0 Å². The number of hydrogen-bond donors (Lipinski definition) is 2. The zero-order valence-electron chi connectivity index (χ0n) is 9.64. The first-order chi connectivity index (χ1) is 8.69. The summed E-state index contributed by atoms with van der Waals surface area (Å²) in [7, 11) is 0. The van der Waals surface area contributed by atoms with Crippen LogP contribution < -0.4 is 10.6 Å². The lowest BCUT2D eigenvalue weighted by molar-refractivity contribution is -0.120. The van der Waals surface area contributed by atoms with Crippen molar-refractivity contribution in [1.82, 2.24) is 15.6 Å². The molecule has 0 bridgehead atoms. The summed E-state index contributed by atoms with van der Waals surface area (Å²) >= 11 is 0. The third kappa shape index (κ3) is 3.28. The molecule has 1 aliphatic rings. The van der Waals surface area contributed by atoms with Gasteiger partial charge in [-0.15, -0.1) is 0 Å². The van der Waals surface area contributed by atoms with E-state index in [9.17, 15) is 9.59 Å². The number of carbonyl (C=O) groups excluding carboxylic acids is 2. The predicted molar refractivity (Wildman–Crippen MR) is 62.4 cm³/mol. The largest absolute Gasteiger partial charge is 0.352 e. The molecule has 6 nitrogen and oxygen atoms in total. The number of hydrogen-bond acceptors (Lipinski definition) is 4. The van der Waals surface area contributed by atoms with E-state index in [1.165, 1.54) is 18.3 Å². The van der Waals surface area contributed by atoms with E-state index in [4.69, 9.17) is 5.26 Å². The summed E-state index contributed by atoms with van der Waals surface area (Å²) < 4.78 is 0. The number of nitriles is 1. The summed E-state index contributed by atoms with van der Waals surface area (Å²) in [6.45, 7) is -0.0585. The van der Waals surface area contributed by atoms with Crippen LogP contribution in [0, 0.1) is 11.3 Å². The van der Waals surface area contributed by atoms with E-state index in [0.29, 0.717) is 5.56 Å². The molecule has 0 saturated heterocycles. The molecule has 2 N–H and O–H groups in total. The zero-order valence-corrected chi connectivity index (χ0v) is 9.64. The predicted octanol–water partition coefficient (Wildman–Crippen LogP) is -0.0383. The van der Waals surface area contributed by atoms with Crippen LogP contribution in [0.1, 0.15) is 28.9 Å². The highest BCUT2D eigenvalue weighted by Crippen LogP contribution is 2.18. The average molecular weight is 244 g/mol. The van der Waals surface area contributed by atoms with Crippen molar-refractivity contribution in [3.63, 3.8) is 0 Å². The normalized spacial score (nSPS) is 13.5. The fourth-order valence-electron chi connectivity index (χ4n) is 1.35. The fraction of sp³-hybridized carbons (Fsp3) is 0.333. The van der Waals surface area contributed by atoms with Gasteiger partial charge in [0.2, 0.25) is 5.91 Å². The monoisotopic (exact) mass is 244 g/mol. The van der Waals surface area contributed by atoms with E-state index < -0.39 is 5.91 Å². The van der Waals surface area contributed by atoms with Gasteiger partial charge in [0.15, 0.2) is 0 Å². The molecule has 0 radical (unpaired) electrons. The molecule has 1 saturated carbocycles. The molecule has 1 aromatic rings. The number of pyridine rings is 1. The van der Waals surface area contributed by atoms with Gasteiger partial charge in [-0.1, -0.05) is 0 Å². The molecule has 1 heterocycles. The SMILES string of the molecule is N#Cc1ccc(C(=O)NCC(=O)NC2CC2)nc1. The van der Waals surface area contributed by atoms with Gasteiger partial charge in [-0.3, -0.25) is 9.59 Å². The highest BCUT2D eigenvalue weighted by atomic mass is 16.2. The highest BCUT2D eigenvalue weighted by molar-refractivity contribution is 5.94. The smallest absolute Gasteiger partial charge is 0.270 e. The Hall–Kier alpha value is -2.42. The zero-order chi connectivity index (χ0) is 13.0. The lowest BCUT2D eigenvalue weighted by Gasteiger charge is -2.05. The van der Waals surface area contributed by atoms with Crippen LogP contribution in [0.4, 0.5) is 0 Å². The maximum atomic E-state index is 11.6. The lowest BCUT2D eigenvalue weighted by Crippen LogP contribution is -2.38. The molecule has 0 aliphatic heterocycles. The first-order valence-corrected chi connectivity index (χ1v) is 5.63. The second-order valence-corrected chi connectivity index (χ2v) is 4.07. The molecular weight excluding hydrogens is 232 g/mol. The Balaban J connectivity index is 1.82. The van der Waals surface area contributed by atoms with Crippen LogP contribution in [0.3, 0.4) is 0 Å². The number of nitrogens with one attached hydrogen (secondary N) is 2. The highest BCUT2D eigenvalue weighted by Gasteiger charge is 2.23. The Labute approximate surface area is 104 Å². The van der Waals surface area contributed by atoms with Crippen LogP contribution in [-0.4, -0.2) is 29.4 Å². The molecule has 92 valence electrons. The van der Waals surface area contributed by atoms with E-state index >= 15 is 0 Å². The summed E-state index contributed by atoms with van der Waals surface area (Å²) in [6, 6.07) is 5.15. The molecule has 2 amide bonds. The molecule has 0 unspecified atom stereocenters. The second-order valence-electron chi connectivity index (χ2n) is 4.07. The van der Waals surface area contributed by atoms with Gasteiger partial charge in [-0.25, -0.2) is 4.98 Å². The second kappa shape index (κ2) is 5.27. The van der Waals surface area contributed by atoms with Crippen molar-refractivity contribution in [3.05, 3.63) is 29.6 Å².